The van der Waals surface area contributed by atoms with E-state index in [1.807, 2.05) is 0 Å². The summed E-state index contributed by atoms with van der Waals surface area (Å²) in [7, 11) is 1.70. The molecule has 14 heavy (non-hydrogen) atoms. The summed E-state index contributed by atoms with van der Waals surface area (Å²) in [5.74, 6) is -1.19. The molecule has 0 unspecified atom stereocenters. The maximum Gasteiger partial charge on any atom is 0.135 e. The molecule has 0 aliphatic carbocycles. The molecule has 0 amide bonds. The number of hydrogen-bond donors (Lipinski definition) is 0. The second-order valence-corrected chi connectivity index (χ2v) is 2.97. The molecular formula is C10H8F2N2. The van der Waals surface area contributed by atoms with Crippen LogP contribution in [0.2, 0.25) is 0 Å². The van der Waals surface area contributed by atoms with Crippen molar-refractivity contribution >= 4 is 0 Å². The first-order valence-electron chi connectivity index (χ1n) is 4.12. The van der Waals surface area contributed by atoms with Crippen LogP contribution in [0.25, 0.3) is 11.3 Å². The van der Waals surface area contributed by atoms with Gasteiger partial charge in [0.25, 0.3) is 0 Å². The Kier molecular flexibility index (Phi) is 2.04. The summed E-state index contributed by atoms with van der Waals surface area (Å²) < 4.78 is 28.0. The van der Waals surface area contributed by atoms with Crippen molar-refractivity contribution < 1.29 is 8.78 Å². The zero-order valence-corrected chi connectivity index (χ0v) is 7.54. The molecule has 0 bridgehead atoms. The van der Waals surface area contributed by atoms with Gasteiger partial charge in [-0.1, -0.05) is 6.07 Å². The van der Waals surface area contributed by atoms with Crippen LogP contribution in [0.4, 0.5) is 8.78 Å². The Morgan fingerprint density at radius 1 is 1.14 bits per heavy atom. The molecule has 0 aliphatic heterocycles. The van der Waals surface area contributed by atoms with Gasteiger partial charge < -0.3 is 0 Å². The van der Waals surface area contributed by atoms with E-state index < -0.39 is 11.6 Å². The monoisotopic (exact) mass is 194 g/mol. The Morgan fingerprint density at radius 3 is 2.29 bits per heavy atom. The Bertz CT molecular complexity index is 443. The van der Waals surface area contributed by atoms with Crippen LogP contribution < -0.4 is 0 Å². The second kappa shape index (κ2) is 3.21. The predicted octanol–water partition coefficient (Wildman–Crippen LogP) is 2.37. The quantitative estimate of drug-likeness (QED) is 0.681. The number of benzene rings is 1. The molecule has 4 heteroatoms. The molecule has 2 aromatic rings. The maximum absolute atomic E-state index is 13.3. The van der Waals surface area contributed by atoms with E-state index >= 15 is 0 Å². The molecule has 0 saturated heterocycles. The van der Waals surface area contributed by atoms with Crippen LogP contribution in [-0.2, 0) is 7.05 Å². The van der Waals surface area contributed by atoms with Crippen molar-refractivity contribution in [2.75, 3.05) is 0 Å². The first-order chi connectivity index (χ1) is 6.68. The van der Waals surface area contributed by atoms with Gasteiger partial charge in [-0.15, -0.1) is 0 Å². The van der Waals surface area contributed by atoms with Gasteiger partial charge in [0.15, 0.2) is 0 Å². The molecule has 72 valence electrons. The lowest BCUT2D eigenvalue weighted by atomic mass is 10.1. The molecule has 0 fully saturated rings. The minimum absolute atomic E-state index is 0.0758. The van der Waals surface area contributed by atoms with Crippen molar-refractivity contribution in [2.45, 2.75) is 0 Å². The highest BCUT2D eigenvalue weighted by Gasteiger charge is 2.12. The van der Waals surface area contributed by atoms with Crippen molar-refractivity contribution in [3.05, 3.63) is 42.1 Å². The average Bonchev–Trinajstić information content (AvgIpc) is 2.51. The summed E-state index contributed by atoms with van der Waals surface area (Å²) in [6.07, 6.45) is 1.64. The minimum Gasteiger partial charge on any atom is -0.275 e. The highest BCUT2D eigenvalue weighted by molar-refractivity contribution is 5.60. The first kappa shape index (κ1) is 8.87. The predicted molar refractivity (Wildman–Crippen MR) is 48.6 cm³/mol. The van der Waals surface area contributed by atoms with Crippen molar-refractivity contribution in [3.8, 4) is 11.3 Å². The number of hydrogen-bond acceptors (Lipinski definition) is 1. The third-order valence-electron chi connectivity index (χ3n) is 1.93. The van der Waals surface area contributed by atoms with Gasteiger partial charge in [0.1, 0.15) is 11.6 Å². The molecule has 0 aliphatic rings. The topological polar surface area (TPSA) is 17.8 Å². The molecule has 0 N–H and O–H groups in total. The van der Waals surface area contributed by atoms with Crippen molar-refractivity contribution in [1.29, 1.82) is 0 Å². The van der Waals surface area contributed by atoms with E-state index in [1.165, 1.54) is 22.9 Å². The summed E-state index contributed by atoms with van der Waals surface area (Å²) in [5.41, 5.74) is 0.233. The zero-order chi connectivity index (χ0) is 10.1. The van der Waals surface area contributed by atoms with E-state index in [4.69, 9.17) is 0 Å². The standard InChI is InChI=1S/C10H8F2N2/c1-14-6-5-9(13-14)10-7(11)3-2-4-8(10)12/h2-6H,1H3. The number of aryl methyl sites for hydroxylation is 1. The molecule has 1 aromatic carbocycles. The van der Waals surface area contributed by atoms with Gasteiger partial charge in [0.2, 0.25) is 0 Å². The minimum atomic E-state index is -0.594. The van der Waals surface area contributed by atoms with Crippen LogP contribution in [-0.4, -0.2) is 9.78 Å². The Balaban J connectivity index is 2.61. The molecule has 2 nitrogen and oxygen atoms in total. The van der Waals surface area contributed by atoms with E-state index in [-0.39, 0.29) is 5.56 Å². The summed E-state index contributed by atoms with van der Waals surface area (Å²) in [4.78, 5) is 0. The molecule has 0 radical (unpaired) electrons. The van der Waals surface area contributed by atoms with Gasteiger partial charge in [-0.05, 0) is 18.2 Å². The van der Waals surface area contributed by atoms with Gasteiger partial charge in [0.05, 0.1) is 11.3 Å². The SMILES string of the molecule is Cn1ccc(-c2c(F)cccc2F)n1. The zero-order valence-electron chi connectivity index (χ0n) is 7.54. The van der Waals surface area contributed by atoms with Crippen molar-refractivity contribution in [3.63, 3.8) is 0 Å². The maximum atomic E-state index is 13.3. The van der Waals surface area contributed by atoms with Gasteiger partial charge in [0, 0.05) is 13.2 Å². The number of aromatic nitrogens is 2. The third-order valence-corrected chi connectivity index (χ3v) is 1.93. The number of nitrogens with zero attached hydrogens (tertiary/aromatic N) is 2. The van der Waals surface area contributed by atoms with E-state index in [1.54, 1.807) is 19.3 Å². The van der Waals surface area contributed by atoms with Crippen LogP contribution in [0.5, 0.6) is 0 Å². The molecular weight excluding hydrogens is 186 g/mol. The first-order valence-corrected chi connectivity index (χ1v) is 4.12. The molecule has 2 rings (SSSR count). The summed E-state index contributed by atoms with van der Waals surface area (Å²) in [6, 6.07) is 5.33. The lowest BCUT2D eigenvalue weighted by Gasteiger charge is -2.00. The van der Waals surface area contributed by atoms with Crippen molar-refractivity contribution in [2.24, 2.45) is 7.05 Å². The van der Waals surface area contributed by atoms with Crippen LogP contribution in [0.3, 0.4) is 0 Å². The van der Waals surface area contributed by atoms with Crippen LogP contribution >= 0.6 is 0 Å². The second-order valence-electron chi connectivity index (χ2n) is 2.97. The fourth-order valence-corrected chi connectivity index (χ4v) is 1.29. The number of halogens is 2. The van der Waals surface area contributed by atoms with E-state index in [0.717, 1.165) is 0 Å². The molecule has 0 atom stereocenters. The molecule has 1 aromatic heterocycles. The average molecular weight is 194 g/mol. The normalized spacial score (nSPS) is 10.5. The van der Waals surface area contributed by atoms with Gasteiger partial charge in [-0.3, -0.25) is 4.68 Å². The Morgan fingerprint density at radius 2 is 1.79 bits per heavy atom. The van der Waals surface area contributed by atoms with Gasteiger partial charge >= 0.3 is 0 Å². The highest BCUT2D eigenvalue weighted by Crippen LogP contribution is 2.23. The van der Waals surface area contributed by atoms with Crippen LogP contribution in [0.15, 0.2) is 30.5 Å². The highest BCUT2D eigenvalue weighted by atomic mass is 19.1. The van der Waals surface area contributed by atoms with E-state index in [0.29, 0.717) is 5.69 Å². The summed E-state index contributed by atoms with van der Waals surface area (Å²) >= 11 is 0. The van der Waals surface area contributed by atoms with Gasteiger partial charge in [-0.2, -0.15) is 5.10 Å². The summed E-state index contributed by atoms with van der Waals surface area (Å²) in [6.45, 7) is 0. The fraction of sp³-hybridized carbons (Fsp3) is 0.100. The van der Waals surface area contributed by atoms with Crippen LogP contribution in [0.1, 0.15) is 0 Å². The van der Waals surface area contributed by atoms with Crippen LogP contribution in [0, 0.1) is 11.6 Å². The van der Waals surface area contributed by atoms with E-state index in [2.05, 4.69) is 5.10 Å². The van der Waals surface area contributed by atoms with Crippen molar-refractivity contribution in [1.82, 2.24) is 9.78 Å². The Labute approximate surface area is 79.8 Å². The van der Waals surface area contributed by atoms with Gasteiger partial charge in [-0.25, -0.2) is 8.78 Å². The third kappa shape index (κ3) is 1.39. The molecule has 0 saturated carbocycles. The number of rotatable bonds is 1. The molecule has 1 heterocycles. The molecule has 0 spiro atoms. The smallest absolute Gasteiger partial charge is 0.135 e. The largest absolute Gasteiger partial charge is 0.275 e. The lowest BCUT2D eigenvalue weighted by molar-refractivity contribution is 0.587. The Hall–Kier alpha value is -1.71. The van der Waals surface area contributed by atoms with E-state index in [9.17, 15) is 8.78 Å². The lowest BCUT2D eigenvalue weighted by Crippen LogP contribution is -1.92. The summed E-state index contributed by atoms with van der Waals surface area (Å²) in [5, 5.41) is 3.94. The fourth-order valence-electron chi connectivity index (χ4n) is 1.29.